The number of rotatable bonds is 9. The molecule has 0 bridgehead atoms. The fourth-order valence-corrected chi connectivity index (χ4v) is 5.48. The molecular formula is C29H27ClN2O4S. The number of amides is 1. The molecule has 0 aliphatic carbocycles. The van der Waals surface area contributed by atoms with Gasteiger partial charge in [-0.25, -0.2) is 8.42 Å². The molecule has 4 aromatic carbocycles. The predicted molar refractivity (Wildman–Crippen MR) is 148 cm³/mol. The summed E-state index contributed by atoms with van der Waals surface area (Å²) in [6.45, 7) is 2.31. The second-order valence-corrected chi connectivity index (χ2v) is 10.9. The molecule has 0 unspecified atom stereocenters. The molecule has 37 heavy (non-hydrogen) atoms. The number of nitrogens with zero attached hydrogens (tertiary/aromatic N) is 1. The van der Waals surface area contributed by atoms with E-state index >= 15 is 0 Å². The Hall–Kier alpha value is -3.65. The lowest BCUT2D eigenvalue weighted by Crippen LogP contribution is -2.32. The van der Waals surface area contributed by atoms with E-state index in [1.165, 1.54) is 4.31 Å². The van der Waals surface area contributed by atoms with E-state index in [-0.39, 0.29) is 22.7 Å². The summed E-state index contributed by atoms with van der Waals surface area (Å²) in [4.78, 5) is 13.6. The molecule has 0 aliphatic heterocycles. The number of benzene rings is 4. The van der Waals surface area contributed by atoms with E-state index in [2.05, 4.69) is 5.32 Å². The third-order valence-electron chi connectivity index (χ3n) is 5.76. The van der Waals surface area contributed by atoms with Crippen LogP contribution in [-0.4, -0.2) is 21.4 Å². The van der Waals surface area contributed by atoms with Gasteiger partial charge in [-0.15, -0.1) is 0 Å². The lowest BCUT2D eigenvalue weighted by Gasteiger charge is -2.27. The Morgan fingerprint density at radius 3 is 2.30 bits per heavy atom. The van der Waals surface area contributed by atoms with Gasteiger partial charge in [0.25, 0.3) is 15.9 Å². The molecule has 0 atom stereocenters. The second-order valence-electron chi connectivity index (χ2n) is 8.56. The molecule has 1 amide bonds. The van der Waals surface area contributed by atoms with Gasteiger partial charge in [-0.05, 0) is 66.6 Å². The van der Waals surface area contributed by atoms with Crippen molar-refractivity contribution in [3.8, 4) is 0 Å². The summed E-state index contributed by atoms with van der Waals surface area (Å²) in [5, 5.41) is 3.44. The van der Waals surface area contributed by atoms with Crippen LogP contribution in [0.1, 0.15) is 27.0 Å². The van der Waals surface area contributed by atoms with Gasteiger partial charge in [-0.2, -0.15) is 0 Å². The Labute approximate surface area is 222 Å². The number of aryl methyl sites for hydroxylation is 1. The molecule has 8 heteroatoms. The Bertz CT molecular complexity index is 1490. The van der Waals surface area contributed by atoms with Crippen LogP contribution >= 0.6 is 11.6 Å². The fraction of sp³-hybridized carbons (Fsp3) is 0.138. The highest BCUT2D eigenvalue weighted by atomic mass is 35.5. The molecule has 190 valence electrons. The van der Waals surface area contributed by atoms with Crippen LogP contribution in [0.5, 0.6) is 0 Å². The van der Waals surface area contributed by atoms with Crippen LogP contribution in [0.25, 0.3) is 0 Å². The van der Waals surface area contributed by atoms with E-state index in [9.17, 15) is 13.2 Å². The summed E-state index contributed by atoms with van der Waals surface area (Å²) in [5.41, 5.74) is 3.65. The lowest BCUT2D eigenvalue weighted by molar-refractivity contribution is 0.102. The molecule has 6 nitrogen and oxygen atoms in total. The van der Waals surface area contributed by atoms with Gasteiger partial charge in [-0.3, -0.25) is 9.10 Å². The Morgan fingerprint density at radius 2 is 1.59 bits per heavy atom. The summed E-state index contributed by atoms with van der Waals surface area (Å²) in [5.74, 6) is -0.426. The molecule has 0 aromatic heterocycles. The third kappa shape index (κ3) is 6.38. The first-order valence-corrected chi connectivity index (χ1v) is 13.4. The smallest absolute Gasteiger partial charge is 0.264 e. The molecule has 0 spiro atoms. The third-order valence-corrected chi connectivity index (χ3v) is 7.79. The van der Waals surface area contributed by atoms with Gasteiger partial charge in [0.15, 0.2) is 0 Å². The Balaban J connectivity index is 1.76. The van der Waals surface area contributed by atoms with Gasteiger partial charge in [0, 0.05) is 17.8 Å². The van der Waals surface area contributed by atoms with Crippen molar-refractivity contribution in [3.63, 3.8) is 0 Å². The number of carbonyl (C=O) groups is 1. The van der Waals surface area contributed by atoms with E-state index in [1.807, 2.05) is 25.1 Å². The molecule has 4 rings (SSSR count). The van der Waals surface area contributed by atoms with E-state index in [0.717, 1.165) is 16.7 Å². The van der Waals surface area contributed by atoms with E-state index in [1.54, 1.807) is 86.0 Å². The van der Waals surface area contributed by atoms with Crippen LogP contribution in [0, 0.1) is 6.92 Å². The fourth-order valence-electron chi connectivity index (χ4n) is 3.88. The number of nitrogens with one attached hydrogen (secondary N) is 1. The number of hydrogen-bond acceptors (Lipinski definition) is 4. The van der Waals surface area contributed by atoms with Crippen LogP contribution in [0.3, 0.4) is 0 Å². The number of hydrogen-bond donors (Lipinski definition) is 1. The van der Waals surface area contributed by atoms with Gasteiger partial charge in [0.1, 0.15) is 0 Å². The largest absolute Gasteiger partial charge is 0.380 e. The van der Waals surface area contributed by atoms with Crippen molar-refractivity contribution >= 4 is 38.9 Å². The molecule has 4 aromatic rings. The first kappa shape index (κ1) is 26.4. The summed E-state index contributed by atoms with van der Waals surface area (Å²) < 4.78 is 34.3. The summed E-state index contributed by atoms with van der Waals surface area (Å²) >= 11 is 6.05. The van der Waals surface area contributed by atoms with Crippen molar-refractivity contribution in [1.29, 1.82) is 0 Å². The number of para-hydroxylation sites is 1. The Morgan fingerprint density at radius 1 is 0.892 bits per heavy atom. The minimum Gasteiger partial charge on any atom is -0.380 e. The highest BCUT2D eigenvalue weighted by Gasteiger charge is 2.28. The summed E-state index contributed by atoms with van der Waals surface area (Å²) in [6.07, 6.45) is 0. The predicted octanol–water partition coefficient (Wildman–Crippen LogP) is 6.44. The first-order valence-electron chi connectivity index (χ1n) is 11.6. The maximum Gasteiger partial charge on any atom is 0.264 e. The van der Waals surface area contributed by atoms with E-state index in [4.69, 9.17) is 16.3 Å². The zero-order valence-electron chi connectivity index (χ0n) is 20.5. The average molecular weight is 535 g/mol. The molecule has 0 saturated heterocycles. The van der Waals surface area contributed by atoms with Crippen LogP contribution in [-0.2, 0) is 27.9 Å². The highest BCUT2D eigenvalue weighted by Crippen LogP contribution is 2.30. The van der Waals surface area contributed by atoms with Crippen molar-refractivity contribution in [2.45, 2.75) is 25.0 Å². The first-order chi connectivity index (χ1) is 17.8. The number of methoxy groups -OCH3 is 1. The molecular weight excluding hydrogens is 508 g/mol. The number of anilines is 2. The topological polar surface area (TPSA) is 75.7 Å². The van der Waals surface area contributed by atoms with Crippen molar-refractivity contribution in [1.82, 2.24) is 0 Å². The minimum absolute atomic E-state index is 0.0149. The maximum absolute atomic E-state index is 13.9. The lowest BCUT2D eigenvalue weighted by atomic mass is 10.1. The van der Waals surface area contributed by atoms with Gasteiger partial charge < -0.3 is 10.1 Å². The van der Waals surface area contributed by atoms with Crippen molar-refractivity contribution in [2.24, 2.45) is 0 Å². The SMILES string of the molecule is COCc1cccc(NC(=O)c2ccccc2N(Cc2ccc(Cl)cc2)S(=O)(=O)c2ccc(C)cc2)c1. The standard InChI is InChI=1S/C29H27ClN2O4S/c1-21-10-16-26(17-11-21)37(34,35)32(19-22-12-14-24(30)15-13-22)28-9-4-3-8-27(28)29(33)31-25-7-5-6-23(18-25)20-36-2/h3-18H,19-20H2,1-2H3,(H,31,33). The zero-order valence-corrected chi connectivity index (χ0v) is 22.1. The van der Waals surface area contributed by atoms with Crippen molar-refractivity contribution in [2.75, 3.05) is 16.7 Å². The van der Waals surface area contributed by atoms with Crippen molar-refractivity contribution in [3.05, 3.63) is 124 Å². The quantitative estimate of drug-likeness (QED) is 0.268. The minimum atomic E-state index is -4.02. The highest BCUT2D eigenvalue weighted by molar-refractivity contribution is 7.92. The maximum atomic E-state index is 13.9. The van der Waals surface area contributed by atoms with Gasteiger partial charge in [0.05, 0.1) is 29.3 Å². The number of halogens is 1. The summed E-state index contributed by atoms with van der Waals surface area (Å²) in [6, 6.07) is 27.6. The Kier molecular flexibility index (Phi) is 8.28. The zero-order chi connectivity index (χ0) is 26.4. The second kappa shape index (κ2) is 11.6. The number of carbonyl (C=O) groups excluding carboxylic acids is 1. The van der Waals surface area contributed by atoms with Crippen LogP contribution < -0.4 is 9.62 Å². The van der Waals surface area contributed by atoms with E-state index in [0.29, 0.717) is 17.3 Å². The monoisotopic (exact) mass is 534 g/mol. The van der Waals surface area contributed by atoms with Gasteiger partial charge >= 0.3 is 0 Å². The number of sulfonamides is 1. The normalized spacial score (nSPS) is 11.2. The van der Waals surface area contributed by atoms with Gasteiger partial charge in [-0.1, -0.05) is 65.7 Å². The van der Waals surface area contributed by atoms with Gasteiger partial charge in [0.2, 0.25) is 0 Å². The molecule has 0 heterocycles. The molecule has 0 fully saturated rings. The van der Waals surface area contributed by atoms with E-state index < -0.39 is 15.9 Å². The average Bonchev–Trinajstić information content (AvgIpc) is 2.89. The molecule has 0 saturated carbocycles. The molecule has 0 aliphatic rings. The molecule has 1 N–H and O–H groups in total. The summed E-state index contributed by atoms with van der Waals surface area (Å²) in [7, 11) is -2.42. The van der Waals surface area contributed by atoms with Crippen molar-refractivity contribution < 1.29 is 17.9 Å². The molecule has 0 radical (unpaired) electrons. The van der Waals surface area contributed by atoms with Crippen LogP contribution in [0.4, 0.5) is 11.4 Å². The van der Waals surface area contributed by atoms with Crippen LogP contribution in [0.15, 0.2) is 102 Å². The number of ether oxygens (including phenoxy) is 1. The van der Waals surface area contributed by atoms with Crippen LogP contribution in [0.2, 0.25) is 5.02 Å².